The average molecular weight is 397 g/mol. The van der Waals surface area contributed by atoms with Crippen LogP contribution in [0.25, 0.3) is 45.3 Å². The lowest BCUT2D eigenvalue weighted by atomic mass is 9.99. The van der Waals surface area contributed by atoms with Gasteiger partial charge < -0.3 is 0 Å². The zero-order valence-electron chi connectivity index (χ0n) is 16.9. The summed E-state index contributed by atoms with van der Waals surface area (Å²) in [6.07, 6.45) is 0.946. The van der Waals surface area contributed by atoms with Crippen LogP contribution in [-0.4, -0.2) is 15.0 Å². The lowest BCUT2D eigenvalue weighted by Crippen LogP contribution is -2.01. The highest BCUT2D eigenvalue weighted by Crippen LogP contribution is 2.42. The summed E-state index contributed by atoms with van der Waals surface area (Å²) in [6, 6.07) is 35.3. The van der Waals surface area contributed by atoms with Gasteiger partial charge in [-0.05, 0) is 28.7 Å². The van der Waals surface area contributed by atoms with E-state index in [2.05, 4.69) is 42.5 Å². The van der Waals surface area contributed by atoms with Crippen LogP contribution in [0.2, 0.25) is 0 Å². The van der Waals surface area contributed by atoms with Gasteiger partial charge in [0, 0.05) is 16.7 Å². The number of hydrogen-bond donors (Lipinski definition) is 0. The molecule has 6 rings (SSSR count). The summed E-state index contributed by atoms with van der Waals surface area (Å²) in [4.78, 5) is 14.7. The Morgan fingerprint density at radius 1 is 0.419 bits per heavy atom. The normalized spacial score (nSPS) is 11.7. The van der Waals surface area contributed by atoms with Crippen LogP contribution in [0.3, 0.4) is 0 Å². The molecule has 31 heavy (non-hydrogen) atoms. The molecule has 1 aliphatic rings. The van der Waals surface area contributed by atoms with Crippen molar-refractivity contribution in [2.45, 2.75) is 6.42 Å². The second kappa shape index (κ2) is 7.29. The van der Waals surface area contributed by atoms with E-state index in [1.807, 2.05) is 60.7 Å². The molecule has 0 N–H and O–H groups in total. The van der Waals surface area contributed by atoms with E-state index in [4.69, 9.17) is 15.0 Å². The highest BCUT2D eigenvalue weighted by molar-refractivity contribution is 5.89. The summed E-state index contributed by atoms with van der Waals surface area (Å²) in [5.74, 6) is 2.09. The summed E-state index contributed by atoms with van der Waals surface area (Å²) < 4.78 is 0. The summed E-state index contributed by atoms with van der Waals surface area (Å²) in [5.41, 5.74) is 8.21. The number of fused-ring (bicyclic) bond motifs is 3. The van der Waals surface area contributed by atoms with Crippen LogP contribution in [0, 0.1) is 0 Å². The highest BCUT2D eigenvalue weighted by Gasteiger charge is 2.23. The topological polar surface area (TPSA) is 38.7 Å². The van der Waals surface area contributed by atoms with Gasteiger partial charge in [-0.3, -0.25) is 0 Å². The van der Waals surface area contributed by atoms with Crippen molar-refractivity contribution in [1.29, 1.82) is 0 Å². The second-order valence-corrected chi connectivity index (χ2v) is 7.71. The molecule has 0 fully saturated rings. The number of benzene rings is 4. The first-order valence-corrected chi connectivity index (χ1v) is 10.4. The third kappa shape index (κ3) is 3.11. The fourth-order valence-electron chi connectivity index (χ4n) is 4.30. The minimum absolute atomic E-state index is 0.688. The molecule has 0 bridgehead atoms. The molecule has 4 aromatic carbocycles. The fourth-order valence-corrected chi connectivity index (χ4v) is 4.30. The predicted octanol–water partition coefficient (Wildman–Crippen LogP) is 6.44. The molecule has 1 heterocycles. The molecule has 5 aromatic rings. The maximum Gasteiger partial charge on any atom is 0.164 e. The van der Waals surface area contributed by atoms with Crippen molar-refractivity contribution in [2.24, 2.45) is 0 Å². The molecule has 0 saturated carbocycles. The molecule has 146 valence electrons. The quantitative estimate of drug-likeness (QED) is 0.345. The molecule has 3 heteroatoms. The third-order valence-corrected chi connectivity index (χ3v) is 5.76. The highest BCUT2D eigenvalue weighted by atomic mass is 15.0. The Bertz CT molecular complexity index is 1340. The Balaban J connectivity index is 1.60. The van der Waals surface area contributed by atoms with E-state index in [0.717, 1.165) is 23.1 Å². The average Bonchev–Trinajstić information content (AvgIpc) is 3.24. The van der Waals surface area contributed by atoms with Gasteiger partial charge in [0.2, 0.25) is 0 Å². The van der Waals surface area contributed by atoms with Crippen molar-refractivity contribution in [3.8, 4) is 45.3 Å². The van der Waals surface area contributed by atoms with E-state index >= 15 is 0 Å². The minimum atomic E-state index is 0.688. The van der Waals surface area contributed by atoms with E-state index in [-0.39, 0.29) is 0 Å². The number of aromatic nitrogens is 3. The Morgan fingerprint density at radius 3 is 1.61 bits per heavy atom. The molecule has 0 radical (unpaired) electrons. The van der Waals surface area contributed by atoms with Crippen LogP contribution in [-0.2, 0) is 6.42 Å². The molecule has 0 aliphatic heterocycles. The van der Waals surface area contributed by atoms with E-state index in [1.54, 1.807) is 0 Å². The number of hydrogen-bond acceptors (Lipinski definition) is 3. The van der Waals surface area contributed by atoms with Crippen LogP contribution >= 0.6 is 0 Å². The lowest BCUT2D eigenvalue weighted by Gasteiger charge is -2.12. The molecule has 1 aromatic heterocycles. The summed E-state index contributed by atoms with van der Waals surface area (Å²) >= 11 is 0. The Labute approximate surface area is 181 Å². The Hall–Kier alpha value is -4.11. The van der Waals surface area contributed by atoms with Crippen molar-refractivity contribution in [3.05, 3.63) is 114 Å². The van der Waals surface area contributed by atoms with Crippen molar-refractivity contribution < 1.29 is 0 Å². The lowest BCUT2D eigenvalue weighted by molar-refractivity contribution is 1.07. The van der Waals surface area contributed by atoms with Gasteiger partial charge in [-0.25, -0.2) is 15.0 Å². The Kier molecular flexibility index (Phi) is 4.17. The maximum absolute atomic E-state index is 4.93. The molecule has 0 amide bonds. The van der Waals surface area contributed by atoms with Gasteiger partial charge in [-0.1, -0.05) is 103 Å². The first-order chi connectivity index (χ1) is 15.4. The van der Waals surface area contributed by atoms with E-state index < -0.39 is 0 Å². The predicted molar refractivity (Wildman–Crippen MR) is 124 cm³/mol. The first-order valence-electron chi connectivity index (χ1n) is 10.4. The van der Waals surface area contributed by atoms with Crippen molar-refractivity contribution in [1.82, 2.24) is 15.0 Å². The van der Waals surface area contributed by atoms with Crippen LogP contribution < -0.4 is 0 Å². The third-order valence-electron chi connectivity index (χ3n) is 5.76. The van der Waals surface area contributed by atoms with Crippen LogP contribution in [0.4, 0.5) is 0 Å². The van der Waals surface area contributed by atoms with Gasteiger partial charge in [0.1, 0.15) is 0 Å². The van der Waals surface area contributed by atoms with Crippen LogP contribution in [0.5, 0.6) is 0 Å². The van der Waals surface area contributed by atoms with Gasteiger partial charge in [-0.2, -0.15) is 0 Å². The summed E-state index contributed by atoms with van der Waals surface area (Å²) in [5, 5.41) is 0. The van der Waals surface area contributed by atoms with Crippen molar-refractivity contribution >= 4 is 0 Å². The number of rotatable bonds is 3. The Morgan fingerprint density at radius 2 is 0.935 bits per heavy atom. The molecule has 3 nitrogen and oxygen atoms in total. The van der Waals surface area contributed by atoms with Gasteiger partial charge in [0.25, 0.3) is 0 Å². The molecule has 0 spiro atoms. The number of nitrogens with zero attached hydrogens (tertiary/aromatic N) is 3. The van der Waals surface area contributed by atoms with Crippen LogP contribution in [0.1, 0.15) is 11.1 Å². The fraction of sp³-hybridized carbons (Fsp3) is 0.0357. The first kappa shape index (κ1) is 17.7. The standard InChI is InChI=1S/C28H19N3/c1-3-10-19(11-4-1)26-29-27(20-12-5-2-6-13-20)31-28(30-26)24-17-9-15-22-18-21-14-7-8-16-23(21)25(22)24/h1-17H,18H2. The van der Waals surface area contributed by atoms with Gasteiger partial charge >= 0.3 is 0 Å². The van der Waals surface area contributed by atoms with Crippen molar-refractivity contribution in [3.63, 3.8) is 0 Å². The summed E-state index contributed by atoms with van der Waals surface area (Å²) in [6.45, 7) is 0. The largest absolute Gasteiger partial charge is 0.208 e. The van der Waals surface area contributed by atoms with E-state index in [1.165, 1.54) is 22.3 Å². The maximum atomic E-state index is 4.93. The minimum Gasteiger partial charge on any atom is -0.208 e. The monoisotopic (exact) mass is 397 g/mol. The molecule has 1 aliphatic carbocycles. The van der Waals surface area contributed by atoms with Gasteiger partial charge in [0.15, 0.2) is 17.5 Å². The van der Waals surface area contributed by atoms with Crippen LogP contribution in [0.15, 0.2) is 103 Å². The van der Waals surface area contributed by atoms with E-state index in [9.17, 15) is 0 Å². The molecular formula is C28H19N3. The SMILES string of the molecule is c1ccc(-c2nc(-c3ccccc3)nc(-c3cccc4c3-c3ccccc3C4)n2)cc1. The molecular weight excluding hydrogens is 378 g/mol. The van der Waals surface area contributed by atoms with Gasteiger partial charge in [-0.15, -0.1) is 0 Å². The molecule has 0 saturated heterocycles. The zero-order chi connectivity index (χ0) is 20.6. The van der Waals surface area contributed by atoms with E-state index in [0.29, 0.717) is 17.5 Å². The zero-order valence-corrected chi connectivity index (χ0v) is 16.9. The second-order valence-electron chi connectivity index (χ2n) is 7.71. The van der Waals surface area contributed by atoms with Crippen molar-refractivity contribution in [2.75, 3.05) is 0 Å². The smallest absolute Gasteiger partial charge is 0.164 e. The van der Waals surface area contributed by atoms with Gasteiger partial charge in [0.05, 0.1) is 0 Å². The molecule has 0 unspecified atom stereocenters. The summed E-state index contributed by atoms with van der Waals surface area (Å²) in [7, 11) is 0. The molecule has 0 atom stereocenters.